The second-order valence-corrected chi connectivity index (χ2v) is 5.67. The van der Waals surface area contributed by atoms with Crippen molar-refractivity contribution in [3.8, 4) is 6.07 Å². The monoisotopic (exact) mass is 316 g/mol. The maximum absolute atomic E-state index is 12.2. The van der Waals surface area contributed by atoms with Gasteiger partial charge < -0.3 is 14.5 Å². The van der Waals surface area contributed by atoms with Crippen LogP contribution < -0.4 is 5.32 Å². The molecular formula is C17H20N2O4. The highest BCUT2D eigenvalue weighted by atomic mass is 16.5. The first-order valence-electron chi connectivity index (χ1n) is 7.70. The number of nitrogens with one attached hydrogen (secondary N) is 1. The molecule has 1 atom stereocenters. The van der Waals surface area contributed by atoms with Crippen LogP contribution in [0.5, 0.6) is 0 Å². The van der Waals surface area contributed by atoms with E-state index in [2.05, 4.69) is 11.4 Å². The predicted octanol–water partition coefficient (Wildman–Crippen LogP) is 2.57. The minimum Gasteiger partial charge on any atom is -0.465 e. The van der Waals surface area contributed by atoms with E-state index in [1.807, 2.05) is 0 Å². The second kappa shape index (κ2) is 7.63. The summed E-state index contributed by atoms with van der Waals surface area (Å²) in [4.78, 5) is 23.9. The summed E-state index contributed by atoms with van der Waals surface area (Å²) < 4.78 is 10.1. The lowest BCUT2D eigenvalue weighted by Gasteiger charge is -2.32. The molecular weight excluding hydrogens is 296 g/mol. The summed E-state index contributed by atoms with van der Waals surface area (Å²) in [6, 6.07) is 5.60. The molecule has 1 aliphatic rings. The van der Waals surface area contributed by atoms with Crippen LogP contribution >= 0.6 is 0 Å². The van der Waals surface area contributed by atoms with Crippen LogP contribution in [0.2, 0.25) is 0 Å². The third kappa shape index (κ3) is 4.71. The maximum Gasteiger partial charge on any atom is 0.331 e. The molecule has 23 heavy (non-hydrogen) atoms. The lowest BCUT2D eigenvalue weighted by molar-refractivity contribution is -0.150. The average molecular weight is 316 g/mol. The van der Waals surface area contributed by atoms with Gasteiger partial charge in [0.15, 0.2) is 6.10 Å². The van der Waals surface area contributed by atoms with Gasteiger partial charge in [0.1, 0.15) is 11.3 Å². The molecule has 1 amide bonds. The van der Waals surface area contributed by atoms with Crippen LogP contribution in [-0.2, 0) is 14.3 Å². The fraction of sp³-hybridized carbons (Fsp3) is 0.471. The molecule has 1 saturated carbocycles. The number of rotatable bonds is 5. The zero-order chi connectivity index (χ0) is 16.7. The van der Waals surface area contributed by atoms with Gasteiger partial charge in [0.05, 0.1) is 12.3 Å². The minimum absolute atomic E-state index is 0.451. The van der Waals surface area contributed by atoms with Crippen molar-refractivity contribution in [2.75, 3.05) is 0 Å². The molecule has 0 bridgehead atoms. The zero-order valence-electron chi connectivity index (χ0n) is 13.1. The molecule has 1 fully saturated rings. The Bertz CT molecular complexity index is 607. The highest BCUT2D eigenvalue weighted by Crippen LogP contribution is 2.27. The zero-order valence-corrected chi connectivity index (χ0v) is 13.1. The van der Waals surface area contributed by atoms with Gasteiger partial charge in [-0.05, 0) is 38.0 Å². The standard InChI is InChI=1S/C17H20N2O4/c1-13(23-15(20)8-7-14-6-5-11-22-14)16(21)19-17(12-18)9-3-2-4-10-17/h5-8,11,13H,2-4,9-10H2,1H3,(H,19,21)/b8-7+/t13-/m0/s1. The van der Waals surface area contributed by atoms with E-state index in [0.29, 0.717) is 18.6 Å². The lowest BCUT2D eigenvalue weighted by Crippen LogP contribution is -2.52. The molecule has 0 saturated heterocycles. The number of esters is 1. The van der Waals surface area contributed by atoms with Crippen LogP contribution in [-0.4, -0.2) is 23.5 Å². The number of nitriles is 1. The molecule has 0 radical (unpaired) electrons. The summed E-state index contributed by atoms with van der Waals surface area (Å²) in [7, 11) is 0. The summed E-state index contributed by atoms with van der Waals surface area (Å²) in [5.41, 5.74) is -0.833. The summed E-state index contributed by atoms with van der Waals surface area (Å²) in [6.45, 7) is 1.49. The van der Waals surface area contributed by atoms with Crippen molar-refractivity contribution in [2.45, 2.75) is 50.7 Å². The number of amides is 1. The van der Waals surface area contributed by atoms with E-state index in [4.69, 9.17) is 9.15 Å². The van der Waals surface area contributed by atoms with Gasteiger partial charge in [-0.25, -0.2) is 4.79 Å². The van der Waals surface area contributed by atoms with E-state index < -0.39 is 23.5 Å². The fourth-order valence-corrected chi connectivity index (χ4v) is 2.56. The molecule has 1 aromatic rings. The Kier molecular flexibility index (Phi) is 5.58. The first-order chi connectivity index (χ1) is 11.0. The molecule has 0 unspecified atom stereocenters. The van der Waals surface area contributed by atoms with Crippen LogP contribution in [0.4, 0.5) is 0 Å². The Morgan fingerprint density at radius 3 is 2.78 bits per heavy atom. The van der Waals surface area contributed by atoms with Crippen LogP contribution in [0, 0.1) is 11.3 Å². The molecule has 6 heteroatoms. The highest BCUT2D eigenvalue weighted by molar-refractivity contribution is 5.90. The van der Waals surface area contributed by atoms with Crippen LogP contribution in [0.3, 0.4) is 0 Å². The lowest BCUT2D eigenvalue weighted by atomic mass is 9.83. The summed E-state index contributed by atoms with van der Waals surface area (Å²) >= 11 is 0. The Labute approximate surface area is 135 Å². The van der Waals surface area contributed by atoms with E-state index >= 15 is 0 Å². The molecule has 1 aliphatic carbocycles. The van der Waals surface area contributed by atoms with Gasteiger partial charge in [-0.15, -0.1) is 0 Å². The van der Waals surface area contributed by atoms with Gasteiger partial charge in [0.25, 0.3) is 5.91 Å². The SMILES string of the molecule is C[C@H](OC(=O)/C=C/c1ccco1)C(=O)NC1(C#N)CCCCC1. The van der Waals surface area contributed by atoms with Gasteiger partial charge >= 0.3 is 5.97 Å². The number of hydrogen-bond donors (Lipinski definition) is 1. The summed E-state index contributed by atoms with van der Waals surface area (Å²) in [6.07, 6.45) is 7.35. The smallest absolute Gasteiger partial charge is 0.331 e. The number of ether oxygens (including phenoxy) is 1. The van der Waals surface area contributed by atoms with E-state index in [-0.39, 0.29) is 0 Å². The quantitative estimate of drug-likeness (QED) is 0.665. The van der Waals surface area contributed by atoms with Crippen molar-refractivity contribution < 1.29 is 18.7 Å². The molecule has 6 nitrogen and oxygen atoms in total. The number of hydrogen-bond acceptors (Lipinski definition) is 5. The fourth-order valence-electron chi connectivity index (χ4n) is 2.56. The van der Waals surface area contributed by atoms with Gasteiger partial charge in [-0.1, -0.05) is 19.3 Å². The van der Waals surface area contributed by atoms with E-state index in [0.717, 1.165) is 19.3 Å². The molecule has 122 valence electrons. The van der Waals surface area contributed by atoms with Gasteiger partial charge in [0.2, 0.25) is 0 Å². The van der Waals surface area contributed by atoms with E-state index in [1.54, 1.807) is 12.1 Å². The first kappa shape index (κ1) is 16.8. The Morgan fingerprint density at radius 2 is 2.17 bits per heavy atom. The van der Waals surface area contributed by atoms with Crippen molar-refractivity contribution in [1.29, 1.82) is 5.26 Å². The molecule has 1 N–H and O–H groups in total. The normalized spacial score (nSPS) is 18.1. The van der Waals surface area contributed by atoms with Crippen LogP contribution in [0.1, 0.15) is 44.8 Å². The minimum atomic E-state index is -0.962. The number of carbonyl (C=O) groups is 2. The number of furan rings is 1. The van der Waals surface area contributed by atoms with Crippen molar-refractivity contribution in [3.63, 3.8) is 0 Å². The summed E-state index contributed by atoms with van der Waals surface area (Å²) in [5.74, 6) is -0.573. The molecule has 1 heterocycles. The Hall–Kier alpha value is -2.55. The van der Waals surface area contributed by atoms with Gasteiger partial charge in [-0.2, -0.15) is 5.26 Å². The number of carbonyl (C=O) groups excluding carboxylic acids is 2. The summed E-state index contributed by atoms with van der Waals surface area (Å²) in [5, 5.41) is 12.1. The topological polar surface area (TPSA) is 92.3 Å². The van der Waals surface area contributed by atoms with Crippen LogP contribution in [0.15, 0.2) is 28.9 Å². The second-order valence-electron chi connectivity index (χ2n) is 5.67. The van der Waals surface area contributed by atoms with E-state index in [1.165, 1.54) is 25.3 Å². The van der Waals surface area contributed by atoms with Crippen molar-refractivity contribution in [2.24, 2.45) is 0 Å². The predicted molar refractivity (Wildman–Crippen MR) is 82.9 cm³/mol. The molecule has 0 aliphatic heterocycles. The molecule has 0 aromatic carbocycles. The van der Waals surface area contributed by atoms with Crippen molar-refractivity contribution in [3.05, 3.63) is 30.2 Å². The van der Waals surface area contributed by atoms with Crippen molar-refractivity contribution in [1.82, 2.24) is 5.32 Å². The third-order valence-corrected chi connectivity index (χ3v) is 3.87. The molecule has 0 spiro atoms. The molecule has 2 rings (SSSR count). The van der Waals surface area contributed by atoms with Crippen LogP contribution in [0.25, 0.3) is 6.08 Å². The average Bonchev–Trinajstić information content (AvgIpc) is 3.07. The highest BCUT2D eigenvalue weighted by Gasteiger charge is 2.35. The first-order valence-corrected chi connectivity index (χ1v) is 7.70. The Morgan fingerprint density at radius 1 is 1.43 bits per heavy atom. The third-order valence-electron chi connectivity index (χ3n) is 3.87. The Balaban J connectivity index is 1.87. The number of nitrogens with zero attached hydrogens (tertiary/aromatic N) is 1. The molecule has 1 aromatic heterocycles. The van der Waals surface area contributed by atoms with E-state index in [9.17, 15) is 14.9 Å². The van der Waals surface area contributed by atoms with Crippen molar-refractivity contribution >= 4 is 18.0 Å². The largest absolute Gasteiger partial charge is 0.465 e. The maximum atomic E-state index is 12.2. The van der Waals surface area contributed by atoms with Gasteiger partial charge in [0, 0.05) is 6.08 Å². The van der Waals surface area contributed by atoms with Gasteiger partial charge in [-0.3, -0.25) is 4.79 Å².